The summed E-state index contributed by atoms with van der Waals surface area (Å²) in [4.78, 5) is 11.4. The lowest BCUT2D eigenvalue weighted by Crippen LogP contribution is -2.10. The number of ether oxygens (including phenoxy) is 2. The van der Waals surface area contributed by atoms with Crippen LogP contribution in [0.4, 0.5) is 0 Å². The van der Waals surface area contributed by atoms with E-state index in [1.165, 1.54) is 0 Å². The Hall–Kier alpha value is -1.79. The first kappa shape index (κ1) is 11.3. The minimum Gasteiger partial charge on any atom is -0.460 e. The molecule has 0 fully saturated rings. The van der Waals surface area contributed by atoms with Crippen LogP contribution >= 0.6 is 0 Å². The molecule has 0 aliphatic carbocycles. The van der Waals surface area contributed by atoms with Gasteiger partial charge in [-0.25, -0.2) is 4.79 Å². The van der Waals surface area contributed by atoms with Crippen LogP contribution in [0.5, 0.6) is 0 Å². The van der Waals surface area contributed by atoms with Crippen molar-refractivity contribution < 1.29 is 14.3 Å². The second kappa shape index (κ2) is 6.63. The highest BCUT2D eigenvalue weighted by Crippen LogP contribution is 2.00. The number of carbonyl (C=O) groups is 1. The van der Waals surface area contributed by atoms with E-state index in [4.69, 9.17) is 15.9 Å². The molecule has 0 radical (unpaired) electrons. The summed E-state index contributed by atoms with van der Waals surface area (Å²) >= 11 is 0. The van der Waals surface area contributed by atoms with Crippen molar-refractivity contribution in [1.82, 2.24) is 0 Å². The summed E-state index contributed by atoms with van der Waals surface area (Å²) in [5, 5.41) is 0. The van der Waals surface area contributed by atoms with Crippen LogP contribution in [0, 0.1) is 12.3 Å². The predicted molar refractivity (Wildman–Crippen MR) is 56.4 cm³/mol. The standard InChI is InChI=1S/C12H12O3/c1-2-8-14-9-10-15-12(13)11-6-4-3-5-7-11/h1,3-7H,8-10H2. The van der Waals surface area contributed by atoms with Crippen LogP contribution in [0.2, 0.25) is 0 Å². The van der Waals surface area contributed by atoms with Gasteiger partial charge in [0, 0.05) is 0 Å². The van der Waals surface area contributed by atoms with Gasteiger partial charge in [-0.1, -0.05) is 24.1 Å². The normalized spacial score (nSPS) is 9.27. The van der Waals surface area contributed by atoms with E-state index in [9.17, 15) is 4.79 Å². The first-order chi connectivity index (χ1) is 7.34. The highest BCUT2D eigenvalue weighted by Gasteiger charge is 2.04. The third-order valence-electron chi connectivity index (χ3n) is 1.66. The van der Waals surface area contributed by atoms with Crippen LogP contribution in [0.1, 0.15) is 10.4 Å². The monoisotopic (exact) mass is 204 g/mol. The van der Waals surface area contributed by atoms with Gasteiger partial charge in [-0.15, -0.1) is 6.42 Å². The average molecular weight is 204 g/mol. The van der Waals surface area contributed by atoms with E-state index in [0.717, 1.165) is 0 Å². The molecule has 0 aromatic heterocycles. The van der Waals surface area contributed by atoms with Gasteiger partial charge in [0.2, 0.25) is 0 Å². The van der Waals surface area contributed by atoms with E-state index < -0.39 is 0 Å². The van der Waals surface area contributed by atoms with E-state index in [0.29, 0.717) is 12.2 Å². The first-order valence-corrected chi connectivity index (χ1v) is 4.58. The Bertz CT molecular complexity index is 338. The molecule has 0 atom stereocenters. The molecular weight excluding hydrogens is 192 g/mol. The first-order valence-electron chi connectivity index (χ1n) is 4.58. The van der Waals surface area contributed by atoms with Gasteiger partial charge in [-0.2, -0.15) is 0 Å². The molecule has 78 valence electrons. The Morgan fingerprint density at radius 3 is 2.67 bits per heavy atom. The molecule has 0 amide bonds. The van der Waals surface area contributed by atoms with Gasteiger partial charge in [0.05, 0.1) is 12.2 Å². The van der Waals surface area contributed by atoms with Crippen LogP contribution < -0.4 is 0 Å². The van der Waals surface area contributed by atoms with Gasteiger partial charge in [0.15, 0.2) is 0 Å². The number of carbonyl (C=O) groups excluding carboxylic acids is 1. The summed E-state index contributed by atoms with van der Waals surface area (Å²) in [5.74, 6) is 1.98. The quantitative estimate of drug-likeness (QED) is 0.414. The van der Waals surface area contributed by atoms with E-state index in [2.05, 4.69) is 5.92 Å². The van der Waals surface area contributed by atoms with E-state index in [-0.39, 0.29) is 19.2 Å². The molecule has 0 saturated carbocycles. The van der Waals surface area contributed by atoms with Crippen molar-refractivity contribution in [1.29, 1.82) is 0 Å². The number of rotatable bonds is 5. The zero-order chi connectivity index (χ0) is 10.9. The summed E-state index contributed by atoms with van der Waals surface area (Å²) in [5.41, 5.74) is 0.537. The molecule has 0 saturated heterocycles. The van der Waals surface area contributed by atoms with E-state index in [1.807, 2.05) is 6.07 Å². The Morgan fingerprint density at radius 1 is 1.27 bits per heavy atom. The Balaban J connectivity index is 2.23. The van der Waals surface area contributed by atoms with Crippen molar-refractivity contribution >= 4 is 5.97 Å². The molecule has 0 N–H and O–H groups in total. The summed E-state index contributed by atoms with van der Waals surface area (Å²) in [6.07, 6.45) is 4.98. The molecule has 0 heterocycles. The van der Waals surface area contributed by atoms with E-state index >= 15 is 0 Å². The van der Waals surface area contributed by atoms with Crippen molar-refractivity contribution in [2.75, 3.05) is 19.8 Å². The summed E-state index contributed by atoms with van der Waals surface area (Å²) in [6.45, 7) is 0.779. The fraction of sp³-hybridized carbons (Fsp3) is 0.250. The number of hydrogen-bond acceptors (Lipinski definition) is 3. The van der Waals surface area contributed by atoms with Gasteiger partial charge >= 0.3 is 5.97 Å². The van der Waals surface area contributed by atoms with Crippen molar-refractivity contribution in [2.24, 2.45) is 0 Å². The minimum atomic E-state index is -0.347. The highest BCUT2D eigenvalue weighted by atomic mass is 16.6. The SMILES string of the molecule is C#CCOCCOC(=O)c1ccccc1. The Kier molecular flexibility index (Phi) is 4.99. The van der Waals surface area contributed by atoms with Gasteiger partial charge < -0.3 is 9.47 Å². The van der Waals surface area contributed by atoms with Crippen LogP contribution in [0.25, 0.3) is 0 Å². The fourth-order valence-corrected chi connectivity index (χ4v) is 0.982. The lowest BCUT2D eigenvalue weighted by Gasteiger charge is -2.03. The zero-order valence-electron chi connectivity index (χ0n) is 8.31. The number of hydrogen-bond donors (Lipinski definition) is 0. The van der Waals surface area contributed by atoms with Crippen LogP contribution in [-0.4, -0.2) is 25.8 Å². The smallest absolute Gasteiger partial charge is 0.338 e. The molecule has 0 aliphatic rings. The molecular formula is C12H12O3. The van der Waals surface area contributed by atoms with Crippen molar-refractivity contribution in [3.05, 3.63) is 35.9 Å². The van der Waals surface area contributed by atoms with Crippen LogP contribution in [0.3, 0.4) is 0 Å². The summed E-state index contributed by atoms with van der Waals surface area (Å²) in [6, 6.07) is 8.80. The van der Waals surface area contributed by atoms with Crippen molar-refractivity contribution in [3.63, 3.8) is 0 Å². The minimum absolute atomic E-state index is 0.218. The lowest BCUT2D eigenvalue weighted by atomic mass is 10.2. The highest BCUT2D eigenvalue weighted by molar-refractivity contribution is 5.89. The molecule has 0 bridgehead atoms. The third-order valence-corrected chi connectivity index (χ3v) is 1.66. The van der Waals surface area contributed by atoms with Crippen LogP contribution in [0.15, 0.2) is 30.3 Å². The molecule has 1 aromatic rings. The number of esters is 1. The van der Waals surface area contributed by atoms with Gasteiger partial charge in [0.1, 0.15) is 13.2 Å². The average Bonchev–Trinajstić information content (AvgIpc) is 2.30. The third kappa shape index (κ3) is 4.30. The molecule has 0 unspecified atom stereocenters. The van der Waals surface area contributed by atoms with E-state index in [1.54, 1.807) is 24.3 Å². The summed E-state index contributed by atoms with van der Waals surface area (Å²) < 4.78 is 9.90. The number of terminal acetylenes is 1. The second-order valence-electron chi connectivity index (χ2n) is 2.76. The maximum absolute atomic E-state index is 11.4. The Morgan fingerprint density at radius 2 is 2.00 bits per heavy atom. The molecule has 3 heteroatoms. The molecule has 1 aromatic carbocycles. The molecule has 15 heavy (non-hydrogen) atoms. The molecule has 1 rings (SSSR count). The van der Waals surface area contributed by atoms with Gasteiger partial charge in [-0.05, 0) is 12.1 Å². The second-order valence-corrected chi connectivity index (χ2v) is 2.76. The predicted octanol–water partition coefficient (Wildman–Crippen LogP) is 1.49. The van der Waals surface area contributed by atoms with Crippen molar-refractivity contribution in [3.8, 4) is 12.3 Å². The number of benzene rings is 1. The lowest BCUT2D eigenvalue weighted by molar-refractivity contribution is 0.0359. The topological polar surface area (TPSA) is 35.5 Å². The molecule has 3 nitrogen and oxygen atoms in total. The van der Waals surface area contributed by atoms with Crippen molar-refractivity contribution in [2.45, 2.75) is 0 Å². The van der Waals surface area contributed by atoms with Gasteiger partial charge in [-0.3, -0.25) is 0 Å². The maximum Gasteiger partial charge on any atom is 0.338 e. The Labute approximate surface area is 89.0 Å². The maximum atomic E-state index is 11.4. The summed E-state index contributed by atoms with van der Waals surface area (Å²) in [7, 11) is 0. The fourth-order valence-electron chi connectivity index (χ4n) is 0.982. The molecule has 0 aliphatic heterocycles. The van der Waals surface area contributed by atoms with Crippen LogP contribution in [-0.2, 0) is 9.47 Å². The largest absolute Gasteiger partial charge is 0.460 e. The zero-order valence-corrected chi connectivity index (χ0v) is 8.31. The van der Waals surface area contributed by atoms with Gasteiger partial charge in [0.25, 0.3) is 0 Å². The molecule has 0 spiro atoms.